The number of aromatic amines is 1. The predicted molar refractivity (Wildman–Crippen MR) is 110 cm³/mol. The summed E-state index contributed by atoms with van der Waals surface area (Å²) in [4.78, 5) is 11.4. The zero-order valence-electron chi connectivity index (χ0n) is 15.4. The lowest BCUT2D eigenvalue weighted by Gasteiger charge is -2.12. The van der Waals surface area contributed by atoms with E-state index < -0.39 is 5.56 Å². The van der Waals surface area contributed by atoms with Crippen molar-refractivity contribution in [2.24, 2.45) is 5.10 Å². The fourth-order valence-electron chi connectivity index (χ4n) is 2.45. The summed E-state index contributed by atoms with van der Waals surface area (Å²) in [5, 5.41) is 9.97. The van der Waals surface area contributed by atoms with Crippen LogP contribution in [-0.4, -0.2) is 23.5 Å². The maximum absolute atomic E-state index is 11.4. The third-order valence-corrected chi connectivity index (χ3v) is 4.40. The Hall–Kier alpha value is -3.32. The number of anilines is 1. The van der Waals surface area contributed by atoms with Gasteiger partial charge in [-0.2, -0.15) is 10.2 Å². The molecule has 144 valence electrons. The van der Waals surface area contributed by atoms with E-state index in [9.17, 15) is 4.79 Å². The number of hydrazone groups is 1. The molecule has 2 aromatic carbocycles. The number of benzene rings is 2. The van der Waals surface area contributed by atoms with E-state index in [1.165, 1.54) is 11.8 Å². The Balaban J connectivity index is 1.69. The summed E-state index contributed by atoms with van der Waals surface area (Å²) < 4.78 is 11.3. The van der Waals surface area contributed by atoms with Crippen molar-refractivity contribution in [1.82, 2.24) is 10.2 Å². The largest absolute Gasteiger partial charge is 0.493 e. The molecule has 1 heterocycles. The highest BCUT2D eigenvalue weighted by molar-refractivity contribution is 6.32. The molecule has 0 unspecified atom stereocenters. The molecule has 2 N–H and O–H groups in total. The topological polar surface area (TPSA) is 88.6 Å². The van der Waals surface area contributed by atoms with Gasteiger partial charge >= 0.3 is 0 Å². The third-order valence-electron chi connectivity index (χ3n) is 4.03. The van der Waals surface area contributed by atoms with Gasteiger partial charge in [-0.3, -0.25) is 10.2 Å². The van der Waals surface area contributed by atoms with Crippen LogP contribution in [0.4, 0.5) is 5.69 Å². The predicted octanol–water partition coefficient (Wildman–Crippen LogP) is 3.77. The van der Waals surface area contributed by atoms with Crippen molar-refractivity contribution < 1.29 is 9.47 Å². The molecule has 0 aliphatic carbocycles. The molecule has 1 aromatic heterocycles. The maximum atomic E-state index is 11.4. The fourth-order valence-corrected chi connectivity index (χ4v) is 2.58. The standard InChI is InChI=1S/C20H19ClN4O3/c1-13-5-3-4-6-15(13)12-28-17-8-7-14(9-18(17)27-2)10-22-24-16-11-23-25-20(26)19(16)21/h3-11H,12H2,1-2H3,(H2,24,25,26)/b22-10+. The molecule has 3 aromatic rings. The van der Waals surface area contributed by atoms with E-state index in [0.717, 1.165) is 11.1 Å². The summed E-state index contributed by atoms with van der Waals surface area (Å²) in [6.45, 7) is 2.50. The summed E-state index contributed by atoms with van der Waals surface area (Å²) in [7, 11) is 1.58. The minimum Gasteiger partial charge on any atom is -0.493 e. The molecule has 0 bridgehead atoms. The van der Waals surface area contributed by atoms with Gasteiger partial charge in [0.2, 0.25) is 0 Å². The van der Waals surface area contributed by atoms with E-state index in [0.29, 0.717) is 23.8 Å². The molecule has 0 radical (unpaired) electrons. The highest BCUT2D eigenvalue weighted by atomic mass is 35.5. The molecule has 0 atom stereocenters. The maximum Gasteiger partial charge on any atom is 0.285 e. The lowest BCUT2D eigenvalue weighted by molar-refractivity contribution is 0.284. The number of nitrogens with one attached hydrogen (secondary N) is 2. The molecular formula is C20H19ClN4O3. The normalized spacial score (nSPS) is 10.8. The number of halogens is 1. The zero-order chi connectivity index (χ0) is 19.9. The van der Waals surface area contributed by atoms with Crippen LogP contribution in [0.5, 0.6) is 11.5 Å². The van der Waals surface area contributed by atoms with E-state index in [-0.39, 0.29) is 5.02 Å². The van der Waals surface area contributed by atoms with Crippen LogP contribution in [0.25, 0.3) is 0 Å². The fraction of sp³-hybridized carbons (Fsp3) is 0.150. The molecule has 0 aliphatic heterocycles. The molecule has 0 amide bonds. The summed E-state index contributed by atoms with van der Waals surface area (Å²) in [5.74, 6) is 1.23. The van der Waals surface area contributed by atoms with Gasteiger partial charge in [0, 0.05) is 0 Å². The van der Waals surface area contributed by atoms with Crippen LogP contribution in [0.1, 0.15) is 16.7 Å². The number of hydrogen-bond donors (Lipinski definition) is 2. The van der Waals surface area contributed by atoms with Crippen LogP contribution in [0, 0.1) is 6.92 Å². The van der Waals surface area contributed by atoms with Gasteiger partial charge in [-0.15, -0.1) is 0 Å². The number of H-pyrrole nitrogens is 1. The molecule has 7 nitrogen and oxygen atoms in total. The van der Waals surface area contributed by atoms with Crippen LogP contribution in [0.3, 0.4) is 0 Å². The Kier molecular flexibility index (Phi) is 6.29. The van der Waals surface area contributed by atoms with E-state index >= 15 is 0 Å². The minimum atomic E-state index is -0.487. The summed E-state index contributed by atoms with van der Waals surface area (Å²) >= 11 is 5.88. The van der Waals surface area contributed by atoms with Crippen molar-refractivity contribution >= 4 is 23.5 Å². The molecule has 0 spiro atoms. The summed E-state index contributed by atoms with van der Waals surface area (Å²) in [6, 6.07) is 13.5. The van der Waals surface area contributed by atoms with E-state index in [2.05, 4.69) is 20.7 Å². The average Bonchev–Trinajstić information content (AvgIpc) is 2.71. The van der Waals surface area contributed by atoms with Crippen LogP contribution in [0.15, 0.2) is 58.6 Å². The lowest BCUT2D eigenvalue weighted by atomic mass is 10.1. The van der Waals surface area contributed by atoms with Crippen molar-refractivity contribution in [3.63, 3.8) is 0 Å². The van der Waals surface area contributed by atoms with Gasteiger partial charge in [0.1, 0.15) is 17.3 Å². The van der Waals surface area contributed by atoms with Gasteiger partial charge in [-0.05, 0) is 41.8 Å². The Labute approximate surface area is 167 Å². The first kappa shape index (κ1) is 19.4. The van der Waals surface area contributed by atoms with Crippen LogP contribution >= 0.6 is 11.6 Å². The van der Waals surface area contributed by atoms with Crippen LogP contribution in [0.2, 0.25) is 5.02 Å². The number of ether oxygens (including phenoxy) is 2. The Bertz CT molecular complexity index is 1050. The first-order valence-electron chi connectivity index (χ1n) is 8.46. The van der Waals surface area contributed by atoms with Gasteiger partial charge < -0.3 is 9.47 Å². The third kappa shape index (κ3) is 4.69. The molecule has 28 heavy (non-hydrogen) atoms. The van der Waals surface area contributed by atoms with Gasteiger partial charge in [0.15, 0.2) is 11.5 Å². The number of hydrogen-bond acceptors (Lipinski definition) is 6. The smallest absolute Gasteiger partial charge is 0.285 e. The molecule has 0 fully saturated rings. The second-order valence-electron chi connectivity index (χ2n) is 5.92. The van der Waals surface area contributed by atoms with Crippen molar-refractivity contribution in [3.8, 4) is 11.5 Å². The second kappa shape index (κ2) is 9.05. The van der Waals surface area contributed by atoms with E-state index in [1.807, 2.05) is 43.3 Å². The number of rotatable bonds is 7. The molecule has 0 saturated heterocycles. The summed E-state index contributed by atoms with van der Waals surface area (Å²) in [5.41, 5.74) is 5.58. The average molecular weight is 399 g/mol. The number of aryl methyl sites for hydroxylation is 1. The molecular weight excluding hydrogens is 380 g/mol. The molecule has 0 saturated carbocycles. The van der Waals surface area contributed by atoms with E-state index in [1.54, 1.807) is 19.4 Å². The second-order valence-corrected chi connectivity index (χ2v) is 6.30. The molecule has 8 heteroatoms. The van der Waals surface area contributed by atoms with Crippen LogP contribution in [-0.2, 0) is 6.61 Å². The van der Waals surface area contributed by atoms with Crippen molar-refractivity contribution in [3.05, 3.63) is 80.7 Å². The first-order chi connectivity index (χ1) is 13.6. The number of nitrogens with zero attached hydrogens (tertiary/aromatic N) is 2. The van der Waals surface area contributed by atoms with Gasteiger partial charge in [0.25, 0.3) is 5.56 Å². The monoisotopic (exact) mass is 398 g/mol. The highest BCUT2D eigenvalue weighted by Gasteiger charge is 2.07. The number of methoxy groups -OCH3 is 1. The Morgan fingerprint density at radius 3 is 2.86 bits per heavy atom. The van der Waals surface area contributed by atoms with Crippen molar-refractivity contribution in [2.75, 3.05) is 12.5 Å². The SMILES string of the molecule is COc1cc(/C=N/Nc2cn[nH]c(=O)c2Cl)ccc1OCc1ccccc1C. The highest BCUT2D eigenvalue weighted by Crippen LogP contribution is 2.28. The van der Waals surface area contributed by atoms with Crippen molar-refractivity contribution in [2.45, 2.75) is 13.5 Å². The van der Waals surface area contributed by atoms with Crippen LogP contribution < -0.4 is 20.5 Å². The Morgan fingerprint density at radius 2 is 2.07 bits per heavy atom. The lowest BCUT2D eigenvalue weighted by Crippen LogP contribution is -2.10. The van der Waals surface area contributed by atoms with Crippen molar-refractivity contribution in [1.29, 1.82) is 0 Å². The van der Waals surface area contributed by atoms with E-state index in [4.69, 9.17) is 21.1 Å². The van der Waals surface area contributed by atoms with Gasteiger partial charge in [-0.25, -0.2) is 5.10 Å². The summed E-state index contributed by atoms with van der Waals surface area (Å²) in [6.07, 6.45) is 2.95. The molecule has 3 rings (SSSR count). The molecule has 0 aliphatic rings. The quantitative estimate of drug-likeness (QED) is 0.467. The number of aromatic nitrogens is 2. The minimum absolute atomic E-state index is 0.00955. The van der Waals surface area contributed by atoms with Gasteiger partial charge in [-0.1, -0.05) is 35.9 Å². The van der Waals surface area contributed by atoms with Gasteiger partial charge in [0.05, 0.1) is 19.5 Å². The zero-order valence-corrected chi connectivity index (χ0v) is 16.2. The Morgan fingerprint density at radius 1 is 1.25 bits per heavy atom. The first-order valence-corrected chi connectivity index (χ1v) is 8.84.